The fourth-order valence-corrected chi connectivity index (χ4v) is 4.66. The number of nitrogens with zero attached hydrogens (tertiary/aromatic N) is 2. The Kier molecular flexibility index (Phi) is 4.21. The third kappa shape index (κ3) is 2.78. The van der Waals surface area contributed by atoms with Gasteiger partial charge < -0.3 is 15.2 Å². The summed E-state index contributed by atoms with van der Waals surface area (Å²) in [5, 5.41) is 0. The number of hydrogen-bond acceptors (Lipinski definition) is 5. The van der Waals surface area contributed by atoms with Crippen molar-refractivity contribution >= 4 is 5.84 Å². The van der Waals surface area contributed by atoms with Gasteiger partial charge in [0.15, 0.2) is 11.5 Å². The molecule has 0 radical (unpaired) electrons. The molecule has 1 atom stereocenters. The molecular weight excluding hydrogens is 398 g/mol. The molecule has 2 N–H and O–H groups in total. The van der Waals surface area contributed by atoms with Crippen LogP contribution in [0.25, 0.3) is 11.1 Å². The van der Waals surface area contributed by atoms with E-state index in [-0.39, 0.29) is 0 Å². The largest absolute Gasteiger partial charge is 0.486 e. The standard InChI is InChI=1S/C27H21N3O2/c28-26-22-8-1-2-9-23(22)27(30-26,21-10-11-24-25(16-21)32-14-13-31-24)20-7-3-5-18(15-20)19-6-4-12-29-17-19/h1-12,15-17H,13-14H2,(H2,28,30). The summed E-state index contributed by atoms with van der Waals surface area (Å²) in [6.45, 7) is 1.08. The lowest BCUT2D eigenvalue weighted by Crippen LogP contribution is -2.26. The Morgan fingerprint density at radius 2 is 1.56 bits per heavy atom. The summed E-state index contributed by atoms with van der Waals surface area (Å²) < 4.78 is 11.7. The Bertz CT molecular complexity index is 1350. The molecule has 0 spiro atoms. The van der Waals surface area contributed by atoms with Gasteiger partial charge in [0, 0.05) is 18.0 Å². The monoisotopic (exact) mass is 419 g/mol. The van der Waals surface area contributed by atoms with Gasteiger partial charge in [0.2, 0.25) is 0 Å². The number of ether oxygens (including phenoxy) is 2. The highest BCUT2D eigenvalue weighted by Gasteiger charge is 2.43. The molecule has 0 saturated heterocycles. The van der Waals surface area contributed by atoms with Crippen molar-refractivity contribution in [1.29, 1.82) is 0 Å². The van der Waals surface area contributed by atoms with Crippen LogP contribution in [0.5, 0.6) is 11.5 Å². The third-order valence-electron chi connectivity index (χ3n) is 6.12. The second kappa shape index (κ2) is 7.24. The molecule has 3 heterocycles. The number of aliphatic imine (C=N–C) groups is 1. The van der Waals surface area contributed by atoms with Gasteiger partial charge >= 0.3 is 0 Å². The van der Waals surface area contributed by atoms with Crippen molar-refractivity contribution in [1.82, 2.24) is 4.98 Å². The first kappa shape index (κ1) is 18.6. The van der Waals surface area contributed by atoms with Crippen LogP contribution < -0.4 is 15.2 Å². The van der Waals surface area contributed by atoms with Gasteiger partial charge in [-0.1, -0.05) is 54.6 Å². The first-order valence-corrected chi connectivity index (χ1v) is 10.6. The van der Waals surface area contributed by atoms with Crippen molar-refractivity contribution in [3.05, 3.63) is 114 Å². The lowest BCUT2D eigenvalue weighted by molar-refractivity contribution is 0.171. The molecule has 5 nitrogen and oxygen atoms in total. The minimum absolute atomic E-state index is 0.530. The van der Waals surface area contributed by atoms with E-state index in [1.165, 1.54) is 0 Å². The van der Waals surface area contributed by atoms with Gasteiger partial charge in [0.05, 0.1) is 0 Å². The maximum absolute atomic E-state index is 6.47. The number of aromatic nitrogens is 1. The quantitative estimate of drug-likeness (QED) is 0.530. The summed E-state index contributed by atoms with van der Waals surface area (Å²) in [4.78, 5) is 9.38. The third-order valence-corrected chi connectivity index (χ3v) is 6.12. The summed E-state index contributed by atoms with van der Waals surface area (Å²) >= 11 is 0. The predicted molar refractivity (Wildman–Crippen MR) is 124 cm³/mol. The fraction of sp³-hybridized carbons (Fsp3) is 0.111. The Morgan fingerprint density at radius 3 is 2.44 bits per heavy atom. The van der Waals surface area contributed by atoms with Crippen LogP contribution in [0.4, 0.5) is 0 Å². The van der Waals surface area contributed by atoms with Gasteiger partial charge in [-0.15, -0.1) is 0 Å². The predicted octanol–water partition coefficient (Wildman–Crippen LogP) is 4.53. The van der Waals surface area contributed by atoms with E-state index in [1.54, 1.807) is 6.20 Å². The highest BCUT2D eigenvalue weighted by atomic mass is 16.6. The van der Waals surface area contributed by atoms with Gasteiger partial charge in [-0.3, -0.25) is 4.98 Å². The molecule has 6 rings (SSSR count). The average Bonchev–Trinajstić information content (AvgIpc) is 3.18. The maximum Gasteiger partial charge on any atom is 0.161 e. The van der Waals surface area contributed by atoms with Crippen molar-refractivity contribution in [2.75, 3.05) is 13.2 Å². The summed E-state index contributed by atoms with van der Waals surface area (Å²) in [5.74, 6) is 2.01. The molecule has 1 aromatic heterocycles. The van der Waals surface area contributed by atoms with Gasteiger partial charge in [0.1, 0.15) is 24.6 Å². The molecule has 0 aliphatic carbocycles. The molecule has 0 amide bonds. The Morgan fingerprint density at radius 1 is 0.750 bits per heavy atom. The van der Waals surface area contributed by atoms with Crippen molar-refractivity contribution in [2.24, 2.45) is 10.7 Å². The minimum Gasteiger partial charge on any atom is -0.486 e. The van der Waals surface area contributed by atoms with E-state index in [9.17, 15) is 0 Å². The summed E-state index contributed by atoms with van der Waals surface area (Å²) in [6.07, 6.45) is 3.65. The topological polar surface area (TPSA) is 69.7 Å². The molecule has 156 valence electrons. The van der Waals surface area contributed by atoms with Gasteiger partial charge in [-0.2, -0.15) is 0 Å². The van der Waals surface area contributed by atoms with E-state index >= 15 is 0 Å². The number of rotatable bonds is 3. The lowest BCUT2D eigenvalue weighted by atomic mass is 9.77. The lowest BCUT2D eigenvalue weighted by Gasteiger charge is -2.31. The van der Waals surface area contributed by atoms with Gasteiger partial charge in [0.25, 0.3) is 0 Å². The van der Waals surface area contributed by atoms with Crippen LogP contribution in [-0.4, -0.2) is 24.0 Å². The van der Waals surface area contributed by atoms with Crippen LogP contribution in [-0.2, 0) is 5.54 Å². The van der Waals surface area contributed by atoms with E-state index in [0.29, 0.717) is 19.0 Å². The molecule has 5 heteroatoms. The Labute approximate surface area is 186 Å². The van der Waals surface area contributed by atoms with Crippen LogP contribution in [0.1, 0.15) is 22.3 Å². The highest BCUT2D eigenvalue weighted by molar-refractivity contribution is 6.03. The maximum atomic E-state index is 6.47. The molecule has 2 aliphatic heterocycles. The summed E-state index contributed by atoms with van der Waals surface area (Å²) in [5.41, 5.74) is 11.8. The molecule has 0 fully saturated rings. The van der Waals surface area contributed by atoms with Crippen molar-refractivity contribution < 1.29 is 9.47 Å². The molecule has 4 aromatic rings. The van der Waals surface area contributed by atoms with E-state index < -0.39 is 5.54 Å². The van der Waals surface area contributed by atoms with Crippen molar-refractivity contribution in [3.8, 4) is 22.6 Å². The number of nitrogens with two attached hydrogens (primary N) is 1. The van der Waals surface area contributed by atoms with Crippen molar-refractivity contribution in [2.45, 2.75) is 5.54 Å². The van der Waals surface area contributed by atoms with E-state index in [2.05, 4.69) is 47.4 Å². The smallest absolute Gasteiger partial charge is 0.161 e. The minimum atomic E-state index is -0.783. The summed E-state index contributed by atoms with van der Waals surface area (Å²) in [7, 11) is 0. The van der Waals surface area contributed by atoms with Crippen LogP contribution in [0.2, 0.25) is 0 Å². The molecule has 32 heavy (non-hydrogen) atoms. The SMILES string of the molecule is NC1=NC(c2cccc(-c3cccnc3)c2)(c2ccc3c(c2)OCCO3)c2ccccc21. The fourth-order valence-electron chi connectivity index (χ4n) is 4.66. The zero-order valence-electron chi connectivity index (χ0n) is 17.4. The number of benzene rings is 3. The van der Waals surface area contributed by atoms with E-state index in [1.807, 2.05) is 42.6 Å². The number of pyridine rings is 1. The molecule has 0 saturated carbocycles. The molecule has 2 aliphatic rings. The molecular formula is C27H21N3O2. The molecule has 0 bridgehead atoms. The highest BCUT2D eigenvalue weighted by Crippen LogP contribution is 2.48. The summed E-state index contributed by atoms with van der Waals surface area (Å²) in [6, 6.07) is 26.6. The van der Waals surface area contributed by atoms with Crippen LogP contribution in [0, 0.1) is 0 Å². The van der Waals surface area contributed by atoms with E-state index in [0.717, 1.165) is 44.9 Å². The number of hydrogen-bond donors (Lipinski definition) is 1. The van der Waals surface area contributed by atoms with Crippen molar-refractivity contribution in [3.63, 3.8) is 0 Å². The second-order valence-corrected chi connectivity index (χ2v) is 7.93. The number of amidine groups is 1. The molecule has 1 unspecified atom stereocenters. The number of fused-ring (bicyclic) bond motifs is 2. The van der Waals surface area contributed by atoms with Gasteiger partial charge in [-0.25, -0.2) is 4.99 Å². The average molecular weight is 419 g/mol. The van der Waals surface area contributed by atoms with Crippen LogP contribution >= 0.6 is 0 Å². The Hall–Kier alpha value is -4.12. The van der Waals surface area contributed by atoms with Crippen LogP contribution in [0.15, 0.2) is 96.2 Å². The zero-order chi connectivity index (χ0) is 21.5. The second-order valence-electron chi connectivity index (χ2n) is 7.93. The molecule has 3 aromatic carbocycles. The van der Waals surface area contributed by atoms with Crippen LogP contribution in [0.3, 0.4) is 0 Å². The van der Waals surface area contributed by atoms with E-state index in [4.69, 9.17) is 20.2 Å². The zero-order valence-corrected chi connectivity index (χ0v) is 17.4. The van der Waals surface area contributed by atoms with Gasteiger partial charge in [-0.05, 0) is 52.1 Å². The normalized spacial score (nSPS) is 18.7. The first-order valence-electron chi connectivity index (χ1n) is 10.6. The Balaban J connectivity index is 1.61. The first-order chi connectivity index (χ1) is 15.8.